The Morgan fingerprint density at radius 2 is 2.04 bits per heavy atom. The van der Waals surface area contributed by atoms with Crippen LogP contribution in [0.5, 0.6) is 0 Å². The number of aryl methyl sites for hydroxylation is 1. The molecule has 0 saturated carbocycles. The Hall–Kier alpha value is -1.50. The van der Waals surface area contributed by atoms with Gasteiger partial charge in [-0.25, -0.2) is 9.97 Å². The number of nitrogens with two attached hydrogens (primary N) is 1. The maximum atomic E-state index is 9.88. The van der Waals surface area contributed by atoms with Crippen molar-refractivity contribution in [3.63, 3.8) is 0 Å². The number of anilines is 2. The Balaban J connectivity index is 1.89. The van der Waals surface area contributed by atoms with E-state index < -0.39 is 0 Å². The van der Waals surface area contributed by atoms with E-state index in [1.54, 1.807) is 6.20 Å². The SMILES string of the molecule is Cc1cc(N2CCC(C)(C)CC2)c(CO)nc1Sc1ccnc(N)c1Cl. The lowest BCUT2D eigenvalue weighted by Gasteiger charge is -2.38. The molecule has 1 saturated heterocycles. The van der Waals surface area contributed by atoms with Crippen LogP contribution in [-0.4, -0.2) is 28.2 Å². The van der Waals surface area contributed by atoms with E-state index in [4.69, 9.17) is 22.3 Å². The summed E-state index contributed by atoms with van der Waals surface area (Å²) in [5.41, 5.74) is 8.96. The van der Waals surface area contributed by atoms with Crippen LogP contribution in [0, 0.1) is 12.3 Å². The largest absolute Gasteiger partial charge is 0.390 e. The molecule has 0 spiro atoms. The molecular weight excluding hydrogens is 368 g/mol. The van der Waals surface area contributed by atoms with Crippen LogP contribution in [0.3, 0.4) is 0 Å². The van der Waals surface area contributed by atoms with Gasteiger partial charge in [-0.1, -0.05) is 37.2 Å². The smallest absolute Gasteiger partial charge is 0.143 e. The molecule has 1 aliphatic heterocycles. The van der Waals surface area contributed by atoms with Gasteiger partial charge in [-0.2, -0.15) is 0 Å². The average Bonchev–Trinajstić information content (AvgIpc) is 2.60. The summed E-state index contributed by atoms with van der Waals surface area (Å²) in [6.07, 6.45) is 3.91. The summed E-state index contributed by atoms with van der Waals surface area (Å²) in [6, 6.07) is 3.95. The molecule has 3 heterocycles. The highest BCUT2D eigenvalue weighted by molar-refractivity contribution is 7.99. The zero-order chi connectivity index (χ0) is 18.9. The number of nitrogens with zero attached hydrogens (tertiary/aromatic N) is 3. The maximum Gasteiger partial charge on any atom is 0.143 e. The fraction of sp³-hybridized carbons (Fsp3) is 0.474. The monoisotopic (exact) mass is 392 g/mol. The van der Waals surface area contributed by atoms with E-state index >= 15 is 0 Å². The molecule has 0 amide bonds. The fourth-order valence-corrected chi connectivity index (χ4v) is 4.22. The van der Waals surface area contributed by atoms with E-state index in [-0.39, 0.29) is 6.61 Å². The highest BCUT2D eigenvalue weighted by Crippen LogP contribution is 2.39. The van der Waals surface area contributed by atoms with Gasteiger partial charge in [0.15, 0.2) is 0 Å². The molecule has 3 N–H and O–H groups in total. The van der Waals surface area contributed by atoms with Crippen LogP contribution in [0.25, 0.3) is 0 Å². The standard InChI is InChI=1S/C19H25ClN4OS/c1-12-10-14(24-8-5-19(2,3)6-9-24)13(11-25)23-18(12)26-15-4-7-22-17(21)16(15)20/h4,7,10,25H,5-6,8-9,11H2,1-3H3,(H2,21,22). The summed E-state index contributed by atoms with van der Waals surface area (Å²) in [4.78, 5) is 11.9. The molecule has 0 aromatic carbocycles. The highest BCUT2D eigenvalue weighted by atomic mass is 35.5. The number of hydrogen-bond acceptors (Lipinski definition) is 6. The van der Waals surface area contributed by atoms with Crippen molar-refractivity contribution < 1.29 is 5.11 Å². The molecule has 0 unspecified atom stereocenters. The predicted octanol–water partition coefficient (Wildman–Crippen LogP) is 4.29. The van der Waals surface area contributed by atoms with Gasteiger partial charge < -0.3 is 15.7 Å². The molecule has 0 aliphatic carbocycles. The van der Waals surface area contributed by atoms with Gasteiger partial charge in [0.1, 0.15) is 10.8 Å². The van der Waals surface area contributed by atoms with Crippen molar-refractivity contribution in [1.82, 2.24) is 9.97 Å². The van der Waals surface area contributed by atoms with Gasteiger partial charge in [-0.3, -0.25) is 0 Å². The van der Waals surface area contributed by atoms with Crippen molar-refractivity contribution in [3.05, 3.63) is 34.6 Å². The lowest BCUT2D eigenvalue weighted by atomic mass is 9.82. The lowest BCUT2D eigenvalue weighted by Crippen LogP contribution is -2.38. The first-order chi connectivity index (χ1) is 12.3. The van der Waals surface area contributed by atoms with E-state index in [0.717, 1.165) is 47.1 Å². The van der Waals surface area contributed by atoms with Crippen molar-refractivity contribution >= 4 is 34.9 Å². The Labute approximate surface area is 164 Å². The molecule has 3 rings (SSSR count). The minimum absolute atomic E-state index is 0.0880. The molecule has 1 aliphatic rings. The summed E-state index contributed by atoms with van der Waals surface area (Å²) in [5.74, 6) is 0.309. The molecule has 0 radical (unpaired) electrons. The third-order valence-corrected chi connectivity index (χ3v) is 6.59. The predicted molar refractivity (Wildman–Crippen MR) is 108 cm³/mol. The van der Waals surface area contributed by atoms with Crippen LogP contribution in [-0.2, 0) is 6.61 Å². The van der Waals surface area contributed by atoms with Crippen molar-refractivity contribution in [1.29, 1.82) is 0 Å². The third kappa shape index (κ3) is 4.08. The Morgan fingerprint density at radius 1 is 1.35 bits per heavy atom. The quantitative estimate of drug-likeness (QED) is 0.808. The van der Waals surface area contributed by atoms with E-state index in [1.807, 2.05) is 13.0 Å². The van der Waals surface area contributed by atoms with Gasteiger partial charge in [0.2, 0.25) is 0 Å². The number of hydrogen-bond donors (Lipinski definition) is 2. The minimum Gasteiger partial charge on any atom is -0.390 e. The van der Waals surface area contributed by atoms with E-state index in [9.17, 15) is 5.11 Å². The summed E-state index contributed by atoms with van der Waals surface area (Å²) in [7, 11) is 0. The molecule has 140 valence electrons. The Kier molecular flexibility index (Phi) is 5.65. The van der Waals surface area contributed by atoms with Gasteiger partial charge in [0, 0.05) is 24.2 Å². The molecule has 2 aromatic heterocycles. The van der Waals surface area contributed by atoms with Gasteiger partial charge in [-0.05, 0) is 42.9 Å². The van der Waals surface area contributed by atoms with Crippen LogP contribution in [0.2, 0.25) is 5.02 Å². The van der Waals surface area contributed by atoms with E-state index in [2.05, 4.69) is 29.8 Å². The second-order valence-electron chi connectivity index (χ2n) is 7.50. The van der Waals surface area contributed by atoms with Crippen molar-refractivity contribution in [2.45, 2.75) is 50.1 Å². The molecular formula is C19H25ClN4OS. The van der Waals surface area contributed by atoms with Gasteiger partial charge in [0.25, 0.3) is 0 Å². The van der Waals surface area contributed by atoms with E-state index in [1.165, 1.54) is 11.8 Å². The number of halogens is 1. The molecule has 0 atom stereocenters. The lowest BCUT2D eigenvalue weighted by molar-refractivity contribution is 0.269. The highest BCUT2D eigenvalue weighted by Gasteiger charge is 2.27. The molecule has 5 nitrogen and oxygen atoms in total. The fourth-order valence-electron chi connectivity index (χ4n) is 3.09. The number of aliphatic hydroxyl groups excluding tert-OH is 1. The number of aromatic nitrogens is 2. The topological polar surface area (TPSA) is 75.3 Å². The number of pyridine rings is 2. The number of nitrogen functional groups attached to an aromatic ring is 1. The maximum absolute atomic E-state index is 9.88. The summed E-state index contributed by atoms with van der Waals surface area (Å²) >= 11 is 7.70. The first-order valence-electron chi connectivity index (χ1n) is 8.75. The molecule has 7 heteroatoms. The number of piperidine rings is 1. The normalized spacial score (nSPS) is 16.7. The van der Waals surface area contributed by atoms with Gasteiger partial charge in [0.05, 0.1) is 23.0 Å². The van der Waals surface area contributed by atoms with Crippen LogP contribution in [0.15, 0.2) is 28.3 Å². The van der Waals surface area contributed by atoms with Crippen LogP contribution >= 0.6 is 23.4 Å². The van der Waals surface area contributed by atoms with E-state index in [0.29, 0.717) is 21.9 Å². The Morgan fingerprint density at radius 3 is 2.69 bits per heavy atom. The molecule has 26 heavy (non-hydrogen) atoms. The Bertz CT molecular complexity index is 802. The summed E-state index contributed by atoms with van der Waals surface area (Å²) in [5, 5.41) is 11.1. The van der Waals surface area contributed by atoms with Crippen molar-refractivity contribution in [3.8, 4) is 0 Å². The van der Waals surface area contributed by atoms with Crippen LogP contribution in [0.4, 0.5) is 11.5 Å². The zero-order valence-electron chi connectivity index (χ0n) is 15.4. The summed E-state index contributed by atoms with van der Waals surface area (Å²) < 4.78 is 0. The first kappa shape index (κ1) is 19.3. The van der Waals surface area contributed by atoms with Gasteiger partial charge in [-0.15, -0.1) is 0 Å². The summed E-state index contributed by atoms with van der Waals surface area (Å²) in [6.45, 7) is 8.54. The first-order valence-corrected chi connectivity index (χ1v) is 9.94. The van der Waals surface area contributed by atoms with Crippen molar-refractivity contribution in [2.24, 2.45) is 5.41 Å². The molecule has 2 aromatic rings. The number of rotatable bonds is 4. The molecule has 0 bridgehead atoms. The second kappa shape index (κ2) is 7.62. The van der Waals surface area contributed by atoms with Crippen LogP contribution in [0.1, 0.15) is 37.9 Å². The van der Waals surface area contributed by atoms with Crippen molar-refractivity contribution in [2.75, 3.05) is 23.7 Å². The third-order valence-electron chi connectivity index (χ3n) is 4.92. The number of aliphatic hydroxyl groups is 1. The average molecular weight is 393 g/mol. The zero-order valence-corrected chi connectivity index (χ0v) is 17.0. The minimum atomic E-state index is -0.0880. The van der Waals surface area contributed by atoms with Crippen LogP contribution < -0.4 is 10.6 Å². The second-order valence-corrected chi connectivity index (χ2v) is 8.90. The van der Waals surface area contributed by atoms with Gasteiger partial charge >= 0.3 is 0 Å². The molecule has 1 fully saturated rings.